The minimum Gasteiger partial charge on any atom is -0.452 e. The summed E-state index contributed by atoms with van der Waals surface area (Å²) in [6, 6.07) is 3.79. The summed E-state index contributed by atoms with van der Waals surface area (Å²) in [4.78, 5) is 18.7. The van der Waals surface area contributed by atoms with E-state index in [1.807, 2.05) is 18.3 Å². The number of carbonyl (C=O) groups excluding carboxylic acids is 1. The highest BCUT2D eigenvalue weighted by molar-refractivity contribution is 5.88. The Morgan fingerprint density at radius 1 is 1.36 bits per heavy atom. The van der Waals surface area contributed by atoms with Crippen LogP contribution in [0, 0.1) is 0 Å². The predicted molar refractivity (Wildman–Crippen MR) is 74.9 cm³/mol. The first-order valence-corrected chi connectivity index (χ1v) is 7.72. The summed E-state index contributed by atoms with van der Waals surface area (Å²) in [6.45, 7) is 0. The standard InChI is InChI=1S/C15H16N4O3/c20-14-15(6-2-7-15)22-12-5-4-11(19(12)14)21-13-10-3-1-8-18(10)17-9-16-13/h1,3,8-9,11-12H,2,4-7H2. The van der Waals surface area contributed by atoms with Gasteiger partial charge in [-0.3, -0.25) is 9.69 Å². The molecule has 7 heteroatoms. The Morgan fingerprint density at radius 2 is 2.27 bits per heavy atom. The van der Waals surface area contributed by atoms with Crippen molar-refractivity contribution in [1.29, 1.82) is 0 Å². The number of aromatic nitrogens is 3. The molecule has 2 aromatic rings. The largest absolute Gasteiger partial charge is 0.452 e. The van der Waals surface area contributed by atoms with E-state index >= 15 is 0 Å². The summed E-state index contributed by atoms with van der Waals surface area (Å²) in [6.07, 6.45) is 7.19. The Balaban J connectivity index is 1.44. The van der Waals surface area contributed by atoms with Crippen LogP contribution in [0.4, 0.5) is 0 Å². The van der Waals surface area contributed by atoms with E-state index in [1.165, 1.54) is 6.33 Å². The van der Waals surface area contributed by atoms with Gasteiger partial charge in [0.1, 0.15) is 23.7 Å². The predicted octanol–water partition coefficient (Wildman–Crippen LogP) is 1.34. The number of carbonyl (C=O) groups is 1. The monoisotopic (exact) mass is 300 g/mol. The molecule has 2 aliphatic heterocycles. The molecule has 1 spiro atoms. The molecule has 7 nitrogen and oxygen atoms in total. The SMILES string of the molecule is O=C1N2C(Oc3ncnn4cccc34)CCC2OC12CCC2. The Bertz CT molecular complexity index is 754. The zero-order valence-electron chi connectivity index (χ0n) is 12.0. The third-order valence-electron chi connectivity index (χ3n) is 4.97. The van der Waals surface area contributed by atoms with Crippen molar-refractivity contribution in [2.75, 3.05) is 0 Å². The molecular formula is C15H16N4O3. The average molecular weight is 300 g/mol. The summed E-state index contributed by atoms with van der Waals surface area (Å²) < 4.78 is 13.8. The molecule has 0 bridgehead atoms. The van der Waals surface area contributed by atoms with E-state index in [1.54, 1.807) is 9.42 Å². The van der Waals surface area contributed by atoms with Crippen LogP contribution in [0.1, 0.15) is 32.1 Å². The lowest BCUT2D eigenvalue weighted by Crippen LogP contribution is -2.49. The number of hydrogen-bond donors (Lipinski definition) is 0. The number of ether oxygens (including phenoxy) is 2. The molecule has 4 heterocycles. The van der Waals surface area contributed by atoms with Gasteiger partial charge in [-0.05, 0) is 37.8 Å². The van der Waals surface area contributed by atoms with Gasteiger partial charge in [0, 0.05) is 12.6 Å². The number of nitrogens with zero attached hydrogens (tertiary/aromatic N) is 4. The molecule has 0 N–H and O–H groups in total. The van der Waals surface area contributed by atoms with Gasteiger partial charge < -0.3 is 9.47 Å². The summed E-state index contributed by atoms with van der Waals surface area (Å²) in [5.41, 5.74) is 0.250. The molecule has 1 saturated carbocycles. The van der Waals surface area contributed by atoms with Crippen molar-refractivity contribution in [2.24, 2.45) is 0 Å². The lowest BCUT2D eigenvalue weighted by Gasteiger charge is -2.35. The third kappa shape index (κ3) is 1.51. The molecule has 3 aliphatic rings. The van der Waals surface area contributed by atoms with Crippen LogP contribution < -0.4 is 4.74 Å². The molecule has 0 radical (unpaired) electrons. The van der Waals surface area contributed by atoms with Crippen LogP contribution in [-0.4, -0.2) is 43.5 Å². The topological polar surface area (TPSA) is 69.0 Å². The number of fused-ring (bicyclic) bond motifs is 2. The Hall–Kier alpha value is -2.15. The van der Waals surface area contributed by atoms with Gasteiger partial charge in [-0.15, -0.1) is 0 Å². The second-order valence-electron chi connectivity index (χ2n) is 6.19. The van der Waals surface area contributed by atoms with E-state index in [0.717, 1.165) is 37.6 Å². The fourth-order valence-electron chi connectivity index (χ4n) is 3.68. The van der Waals surface area contributed by atoms with Crippen LogP contribution in [0.15, 0.2) is 24.7 Å². The second-order valence-corrected chi connectivity index (χ2v) is 6.19. The Labute approximate surface area is 126 Å². The zero-order chi connectivity index (χ0) is 14.7. The van der Waals surface area contributed by atoms with Gasteiger partial charge in [-0.2, -0.15) is 10.1 Å². The fourth-order valence-corrected chi connectivity index (χ4v) is 3.68. The van der Waals surface area contributed by atoms with Gasteiger partial charge in [0.05, 0.1) is 0 Å². The number of amides is 1. The van der Waals surface area contributed by atoms with E-state index < -0.39 is 5.60 Å². The maximum absolute atomic E-state index is 12.7. The first-order chi connectivity index (χ1) is 10.8. The number of hydrogen-bond acceptors (Lipinski definition) is 5. The molecular weight excluding hydrogens is 284 g/mol. The van der Waals surface area contributed by atoms with E-state index in [2.05, 4.69) is 10.1 Å². The molecule has 2 aromatic heterocycles. The van der Waals surface area contributed by atoms with E-state index in [0.29, 0.717) is 5.88 Å². The zero-order valence-corrected chi connectivity index (χ0v) is 12.0. The van der Waals surface area contributed by atoms with Crippen LogP contribution >= 0.6 is 0 Å². The molecule has 114 valence electrons. The summed E-state index contributed by atoms with van der Waals surface area (Å²) in [5.74, 6) is 0.597. The minimum absolute atomic E-state index is 0.0895. The molecule has 22 heavy (non-hydrogen) atoms. The molecule has 2 saturated heterocycles. The van der Waals surface area contributed by atoms with Gasteiger partial charge >= 0.3 is 0 Å². The van der Waals surface area contributed by atoms with Crippen LogP contribution in [0.3, 0.4) is 0 Å². The van der Waals surface area contributed by atoms with Crippen molar-refractivity contribution in [3.05, 3.63) is 24.7 Å². The molecule has 2 unspecified atom stereocenters. The Kier molecular flexibility index (Phi) is 2.36. The molecule has 1 aliphatic carbocycles. The maximum atomic E-state index is 12.7. The van der Waals surface area contributed by atoms with E-state index in [9.17, 15) is 4.79 Å². The van der Waals surface area contributed by atoms with Crippen molar-refractivity contribution in [3.63, 3.8) is 0 Å². The highest BCUT2D eigenvalue weighted by Gasteiger charge is 2.60. The normalized spacial score (nSPS) is 29.1. The summed E-state index contributed by atoms with van der Waals surface area (Å²) in [7, 11) is 0. The fraction of sp³-hybridized carbons (Fsp3) is 0.533. The maximum Gasteiger partial charge on any atom is 0.259 e. The number of rotatable bonds is 2. The highest BCUT2D eigenvalue weighted by Crippen LogP contribution is 2.47. The summed E-state index contributed by atoms with van der Waals surface area (Å²) >= 11 is 0. The average Bonchev–Trinajstić information content (AvgIpc) is 3.14. The van der Waals surface area contributed by atoms with E-state index in [-0.39, 0.29) is 18.4 Å². The van der Waals surface area contributed by atoms with Crippen LogP contribution in [0.5, 0.6) is 5.88 Å². The lowest BCUT2D eigenvalue weighted by atomic mass is 9.79. The van der Waals surface area contributed by atoms with Crippen molar-refractivity contribution in [2.45, 2.75) is 50.2 Å². The minimum atomic E-state index is -0.553. The van der Waals surface area contributed by atoms with Crippen molar-refractivity contribution in [1.82, 2.24) is 19.5 Å². The molecule has 0 aromatic carbocycles. The molecule has 2 atom stereocenters. The summed E-state index contributed by atoms with van der Waals surface area (Å²) in [5, 5.41) is 4.12. The molecule has 1 amide bonds. The third-order valence-corrected chi connectivity index (χ3v) is 4.97. The van der Waals surface area contributed by atoms with Crippen LogP contribution in [0.25, 0.3) is 5.52 Å². The first kappa shape index (κ1) is 12.4. The van der Waals surface area contributed by atoms with Crippen LogP contribution in [-0.2, 0) is 9.53 Å². The lowest BCUT2D eigenvalue weighted by molar-refractivity contribution is -0.148. The quantitative estimate of drug-likeness (QED) is 0.837. The van der Waals surface area contributed by atoms with Gasteiger partial charge in [0.15, 0.2) is 6.23 Å². The van der Waals surface area contributed by atoms with E-state index in [4.69, 9.17) is 9.47 Å². The van der Waals surface area contributed by atoms with Gasteiger partial charge in [-0.25, -0.2) is 4.52 Å². The van der Waals surface area contributed by atoms with Gasteiger partial charge in [0.2, 0.25) is 5.88 Å². The second kappa shape index (κ2) is 4.19. The molecule has 3 fully saturated rings. The highest BCUT2D eigenvalue weighted by atomic mass is 16.6. The van der Waals surface area contributed by atoms with Crippen molar-refractivity contribution < 1.29 is 14.3 Å². The smallest absolute Gasteiger partial charge is 0.259 e. The van der Waals surface area contributed by atoms with Crippen LogP contribution in [0.2, 0.25) is 0 Å². The first-order valence-electron chi connectivity index (χ1n) is 7.72. The Morgan fingerprint density at radius 3 is 3.09 bits per heavy atom. The van der Waals surface area contributed by atoms with Crippen molar-refractivity contribution in [3.8, 4) is 5.88 Å². The van der Waals surface area contributed by atoms with Gasteiger partial charge in [-0.1, -0.05) is 0 Å². The van der Waals surface area contributed by atoms with Crippen molar-refractivity contribution >= 4 is 11.4 Å². The van der Waals surface area contributed by atoms with Gasteiger partial charge in [0.25, 0.3) is 5.91 Å². The molecule has 5 rings (SSSR count).